The molecule has 1 aromatic rings. The number of benzene rings is 1. The van der Waals surface area contributed by atoms with E-state index in [9.17, 15) is 4.79 Å². The number of hydrogen-bond donors (Lipinski definition) is 1. The van der Waals surface area contributed by atoms with E-state index < -0.39 is 0 Å². The Bertz CT molecular complexity index is 368. The molecule has 0 saturated carbocycles. The van der Waals surface area contributed by atoms with Gasteiger partial charge in [-0.15, -0.1) is 11.6 Å². The molecule has 0 heterocycles. The van der Waals surface area contributed by atoms with Gasteiger partial charge < -0.3 is 10.1 Å². The van der Waals surface area contributed by atoms with Crippen LogP contribution >= 0.6 is 11.6 Å². The third-order valence-electron chi connectivity index (χ3n) is 2.25. The van der Waals surface area contributed by atoms with E-state index in [2.05, 4.69) is 5.32 Å². The van der Waals surface area contributed by atoms with E-state index in [1.54, 1.807) is 6.92 Å². The van der Waals surface area contributed by atoms with Gasteiger partial charge in [0.15, 0.2) is 0 Å². The van der Waals surface area contributed by atoms with Gasteiger partial charge in [-0.05, 0) is 18.6 Å². The van der Waals surface area contributed by atoms with E-state index in [0.29, 0.717) is 12.5 Å². The second kappa shape index (κ2) is 7.17. The Kier molecular flexibility index (Phi) is 5.84. The molecule has 0 radical (unpaired) electrons. The van der Waals surface area contributed by atoms with E-state index in [-0.39, 0.29) is 11.8 Å². The highest BCUT2D eigenvalue weighted by Crippen LogP contribution is 2.18. The van der Waals surface area contributed by atoms with Crippen LogP contribution in [-0.4, -0.2) is 18.4 Å². The fourth-order valence-corrected chi connectivity index (χ4v) is 1.36. The molecule has 0 aliphatic rings. The summed E-state index contributed by atoms with van der Waals surface area (Å²) in [5.74, 6) is 0.811. The Labute approximate surface area is 107 Å². The van der Waals surface area contributed by atoms with Crippen LogP contribution in [0.3, 0.4) is 0 Å². The summed E-state index contributed by atoms with van der Waals surface area (Å²) in [6, 6.07) is 7.37. The lowest BCUT2D eigenvalue weighted by atomic mass is 10.2. The molecular formula is C13H18ClNO2. The zero-order valence-corrected chi connectivity index (χ0v) is 11.0. The molecule has 1 rings (SSSR count). The maximum atomic E-state index is 11.6. The second-order valence-corrected chi connectivity index (χ2v) is 4.23. The molecule has 0 fully saturated rings. The van der Waals surface area contributed by atoms with Crippen molar-refractivity contribution >= 4 is 23.2 Å². The zero-order chi connectivity index (χ0) is 12.7. The number of carbonyl (C=O) groups is 1. The monoisotopic (exact) mass is 255 g/mol. The van der Waals surface area contributed by atoms with Crippen molar-refractivity contribution in [3.8, 4) is 5.75 Å². The SMILES string of the molecule is CCCOc1cccc(NC(=O)C(C)CCl)c1. The Hall–Kier alpha value is -1.22. The number of amides is 1. The summed E-state index contributed by atoms with van der Waals surface area (Å²) in [5.41, 5.74) is 0.737. The molecule has 0 aliphatic carbocycles. The van der Waals surface area contributed by atoms with Crippen molar-refractivity contribution < 1.29 is 9.53 Å². The highest BCUT2D eigenvalue weighted by Gasteiger charge is 2.11. The standard InChI is InChI=1S/C13H18ClNO2/c1-3-7-17-12-6-4-5-11(8-12)15-13(16)10(2)9-14/h4-6,8,10H,3,7,9H2,1-2H3,(H,15,16). The summed E-state index contributed by atoms with van der Waals surface area (Å²) in [7, 11) is 0. The molecule has 1 aromatic carbocycles. The van der Waals surface area contributed by atoms with Crippen LogP contribution in [0.5, 0.6) is 5.75 Å². The molecule has 4 heteroatoms. The molecule has 94 valence electrons. The maximum absolute atomic E-state index is 11.6. The van der Waals surface area contributed by atoms with Crippen LogP contribution in [0, 0.1) is 5.92 Å². The van der Waals surface area contributed by atoms with Gasteiger partial charge in [-0.1, -0.05) is 19.9 Å². The van der Waals surface area contributed by atoms with Crippen molar-refractivity contribution in [1.82, 2.24) is 0 Å². The number of carbonyl (C=O) groups excluding carboxylic acids is 1. The lowest BCUT2D eigenvalue weighted by molar-refractivity contribution is -0.118. The molecule has 0 bridgehead atoms. The predicted octanol–water partition coefficient (Wildman–Crippen LogP) is 3.29. The molecule has 1 atom stereocenters. The fraction of sp³-hybridized carbons (Fsp3) is 0.462. The number of nitrogens with one attached hydrogen (secondary N) is 1. The van der Waals surface area contributed by atoms with Crippen LogP contribution in [-0.2, 0) is 4.79 Å². The van der Waals surface area contributed by atoms with Crippen molar-refractivity contribution in [1.29, 1.82) is 0 Å². The van der Waals surface area contributed by atoms with Crippen LogP contribution in [0.15, 0.2) is 24.3 Å². The van der Waals surface area contributed by atoms with Gasteiger partial charge in [0.2, 0.25) is 5.91 Å². The summed E-state index contributed by atoms with van der Waals surface area (Å²) < 4.78 is 5.49. The Balaban J connectivity index is 2.62. The van der Waals surface area contributed by atoms with Crippen LogP contribution in [0.4, 0.5) is 5.69 Å². The highest BCUT2D eigenvalue weighted by atomic mass is 35.5. The van der Waals surface area contributed by atoms with Gasteiger partial charge in [0, 0.05) is 23.6 Å². The smallest absolute Gasteiger partial charge is 0.228 e. The van der Waals surface area contributed by atoms with E-state index in [1.165, 1.54) is 0 Å². The summed E-state index contributed by atoms with van der Waals surface area (Å²) in [5, 5.41) is 2.81. The van der Waals surface area contributed by atoms with Gasteiger partial charge in [-0.3, -0.25) is 4.79 Å². The summed E-state index contributed by atoms with van der Waals surface area (Å²) >= 11 is 5.63. The number of halogens is 1. The number of anilines is 1. The quantitative estimate of drug-likeness (QED) is 0.792. The lowest BCUT2D eigenvalue weighted by Crippen LogP contribution is -2.21. The van der Waals surface area contributed by atoms with Crippen LogP contribution < -0.4 is 10.1 Å². The predicted molar refractivity (Wildman–Crippen MR) is 70.7 cm³/mol. The van der Waals surface area contributed by atoms with E-state index in [1.807, 2.05) is 31.2 Å². The van der Waals surface area contributed by atoms with Gasteiger partial charge >= 0.3 is 0 Å². The third-order valence-corrected chi connectivity index (χ3v) is 2.72. The number of hydrogen-bond acceptors (Lipinski definition) is 2. The molecule has 1 amide bonds. The van der Waals surface area contributed by atoms with Gasteiger partial charge in [0.1, 0.15) is 5.75 Å². The summed E-state index contributed by atoms with van der Waals surface area (Å²) in [6.45, 7) is 4.52. The summed E-state index contributed by atoms with van der Waals surface area (Å²) in [6.07, 6.45) is 0.958. The molecule has 0 aromatic heterocycles. The first-order valence-corrected chi connectivity index (χ1v) is 6.30. The zero-order valence-electron chi connectivity index (χ0n) is 10.2. The molecule has 0 spiro atoms. The minimum atomic E-state index is -0.197. The Morgan fingerprint density at radius 2 is 2.29 bits per heavy atom. The maximum Gasteiger partial charge on any atom is 0.228 e. The first-order valence-electron chi connectivity index (χ1n) is 5.77. The normalized spacial score (nSPS) is 11.9. The number of ether oxygens (including phenoxy) is 1. The van der Waals surface area contributed by atoms with Crippen molar-refractivity contribution in [3.05, 3.63) is 24.3 Å². The largest absolute Gasteiger partial charge is 0.494 e. The molecule has 17 heavy (non-hydrogen) atoms. The number of rotatable bonds is 6. The molecule has 1 unspecified atom stereocenters. The van der Waals surface area contributed by atoms with E-state index in [0.717, 1.165) is 17.9 Å². The Morgan fingerprint density at radius 3 is 2.94 bits per heavy atom. The van der Waals surface area contributed by atoms with Crippen molar-refractivity contribution in [2.75, 3.05) is 17.8 Å². The van der Waals surface area contributed by atoms with Crippen molar-refractivity contribution in [3.63, 3.8) is 0 Å². The molecular weight excluding hydrogens is 238 g/mol. The van der Waals surface area contributed by atoms with Gasteiger partial charge in [-0.2, -0.15) is 0 Å². The highest BCUT2D eigenvalue weighted by molar-refractivity contribution is 6.19. The molecule has 3 nitrogen and oxygen atoms in total. The molecule has 1 N–H and O–H groups in total. The second-order valence-electron chi connectivity index (χ2n) is 3.92. The van der Waals surface area contributed by atoms with Crippen molar-refractivity contribution in [2.24, 2.45) is 5.92 Å². The van der Waals surface area contributed by atoms with E-state index >= 15 is 0 Å². The van der Waals surface area contributed by atoms with Crippen LogP contribution in [0.2, 0.25) is 0 Å². The lowest BCUT2D eigenvalue weighted by Gasteiger charge is -2.11. The average molecular weight is 256 g/mol. The third kappa shape index (κ3) is 4.65. The summed E-state index contributed by atoms with van der Waals surface area (Å²) in [4.78, 5) is 11.6. The van der Waals surface area contributed by atoms with Gasteiger partial charge in [0.05, 0.1) is 6.61 Å². The minimum Gasteiger partial charge on any atom is -0.494 e. The van der Waals surface area contributed by atoms with Gasteiger partial charge in [0.25, 0.3) is 0 Å². The molecule has 0 aliphatic heterocycles. The van der Waals surface area contributed by atoms with Crippen LogP contribution in [0.25, 0.3) is 0 Å². The molecule has 0 saturated heterocycles. The topological polar surface area (TPSA) is 38.3 Å². The fourth-order valence-electron chi connectivity index (χ4n) is 1.22. The van der Waals surface area contributed by atoms with Gasteiger partial charge in [-0.25, -0.2) is 0 Å². The first kappa shape index (κ1) is 13.8. The minimum absolute atomic E-state index is 0.0763. The average Bonchev–Trinajstić information content (AvgIpc) is 2.35. The van der Waals surface area contributed by atoms with E-state index in [4.69, 9.17) is 16.3 Å². The Morgan fingerprint density at radius 1 is 1.53 bits per heavy atom. The number of alkyl halides is 1. The van der Waals surface area contributed by atoms with Crippen molar-refractivity contribution in [2.45, 2.75) is 20.3 Å². The first-order chi connectivity index (χ1) is 8.17. The van der Waals surface area contributed by atoms with Crippen LogP contribution in [0.1, 0.15) is 20.3 Å².